The van der Waals surface area contributed by atoms with Gasteiger partial charge in [0.25, 0.3) is 0 Å². The van der Waals surface area contributed by atoms with Gasteiger partial charge in [0.1, 0.15) is 11.6 Å². The van der Waals surface area contributed by atoms with E-state index in [-0.39, 0.29) is 17.1 Å². The normalized spacial score (nSPS) is 11.7. The van der Waals surface area contributed by atoms with E-state index in [1.807, 2.05) is 12.1 Å². The average molecular weight is 378 g/mol. The molecule has 138 valence electrons. The van der Waals surface area contributed by atoms with Gasteiger partial charge in [-0.25, -0.2) is 8.78 Å². The van der Waals surface area contributed by atoms with E-state index in [9.17, 15) is 18.4 Å². The monoisotopic (exact) mass is 378 g/mol. The van der Waals surface area contributed by atoms with Gasteiger partial charge in [0, 0.05) is 30.1 Å². The predicted octanol–water partition coefficient (Wildman–Crippen LogP) is 3.76. The molecule has 0 fully saturated rings. The summed E-state index contributed by atoms with van der Waals surface area (Å²) in [6.07, 6.45) is 0.350. The summed E-state index contributed by atoms with van der Waals surface area (Å²) in [4.78, 5) is 24.0. The Morgan fingerprint density at radius 2 is 1.69 bits per heavy atom. The molecule has 0 aromatic heterocycles. The van der Waals surface area contributed by atoms with Gasteiger partial charge in [0.05, 0.1) is 5.25 Å². The minimum absolute atomic E-state index is 0.142. The predicted molar refractivity (Wildman–Crippen MR) is 99.1 cm³/mol. The van der Waals surface area contributed by atoms with Gasteiger partial charge in [0.15, 0.2) is 0 Å². The molecule has 0 saturated heterocycles. The summed E-state index contributed by atoms with van der Waals surface area (Å²) in [6, 6.07) is 10.5. The molecule has 2 aromatic carbocycles. The Morgan fingerprint density at radius 1 is 1.08 bits per heavy atom. The maximum atomic E-state index is 13.1. The summed E-state index contributed by atoms with van der Waals surface area (Å²) in [5.74, 6) is -1.55. The van der Waals surface area contributed by atoms with Crippen LogP contribution in [-0.4, -0.2) is 23.6 Å². The molecule has 0 heterocycles. The molecule has 4 nitrogen and oxygen atoms in total. The lowest BCUT2D eigenvalue weighted by Gasteiger charge is -2.12. The third-order valence-corrected chi connectivity index (χ3v) is 4.60. The lowest BCUT2D eigenvalue weighted by molar-refractivity contribution is -0.120. The SMILES string of the molecule is CC(=O)Nc1ccc(SC(C)C(=O)NCCc2cc(F)cc(F)c2)cc1. The second-order valence-corrected chi connectivity index (χ2v) is 7.20. The first-order chi connectivity index (χ1) is 12.3. The zero-order chi connectivity index (χ0) is 19.1. The van der Waals surface area contributed by atoms with E-state index in [1.165, 1.54) is 30.8 Å². The van der Waals surface area contributed by atoms with Crippen LogP contribution in [0, 0.1) is 11.6 Å². The summed E-state index contributed by atoms with van der Waals surface area (Å²) in [5, 5.41) is 5.12. The molecular weight excluding hydrogens is 358 g/mol. The number of nitrogens with one attached hydrogen (secondary N) is 2. The molecule has 1 atom stereocenters. The highest BCUT2D eigenvalue weighted by molar-refractivity contribution is 8.00. The van der Waals surface area contributed by atoms with Crippen molar-refractivity contribution >= 4 is 29.3 Å². The number of carbonyl (C=O) groups is 2. The van der Waals surface area contributed by atoms with E-state index in [2.05, 4.69) is 10.6 Å². The molecule has 0 aliphatic rings. The number of hydrogen-bond donors (Lipinski definition) is 2. The third-order valence-electron chi connectivity index (χ3n) is 3.49. The molecule has 2 amide bonds. The quantitative estimate of drug-likeness (QED) is 0.721. The minimum Gasteiger partial charge on any atom is -0.355 e. The molecule has 26 heavy (non-hydrogen) atoms. The van der Waals surface area contributed by atoms with E-state index in [4.69, 9.17) is 0 Å². The van der Waals surface area contributed by atoms with Gasteiger partial charge in [-0.1, -0.05) is 0 Å². The zero-order valence-corrected chi connectivity index (χ0v) is 15.3. The van der Waals surface area contributed by atoms with E-state index in [1.54, 1.807) is 19.1 Å². The summed E-state index contributed by atoms with van der Waals surface area (Å²) < 4.78 is 26.3. The maximum absolute atomic E-state index is 13.1. The Kier molecular flexibility index (Phi) is 7.15. The number of amides is 2. The fraction of sp³-hybridized carbons (Fsp3) is 0.263. The Balaban J connectivity index is 1.80. The number of carbonyl (C=O) groups excluding carboxylic acids is 2. The van der Waals surface area contributed by atoms with Crippen molar-refractivity contribution < 1.29 is 18.4 Å². The zero-order valence-electron chi connectivity index (χ0n) is 14.5. The number of rotatable bonds is 7. The van der Waals surface area contributed by atoms with Gasteiger partial charge in [0.2, 0.25) is 11.8 Å². The molecule has 0 saturated carbocycles. The van der Waals surface area contributed by atoms with Crippen LogP contribution in [0.25, 0.3) is 0 Å². The first-order valence-electron chi connectivity index (χ1n) is 8.10. The Labute approximate surface area is 155 Å². The van der Waals surface area contributed by atoms with Gasteiger partial charge >= 0.3 is 0 Å². The van der Waals surface area contributed by atoms with Crippen molar-refractivity contribution in [3.8, 4) is 0 Å². The van der Waals surface area contributed by atoms with Crippen LogP contribution in [0.3, 0.4) is 0 Å². The summed E-state index contributed by atoms with van der Waals surface area (Å²) in [5.41, 5.74) is 1.19. The van der Waals surface area contributed by atoms with Crippen molar-refractivity contribution in [3.63, 3.8) is 0 Å². The van der Waals surface area contributed by atoms with Crippen LogP contribution in [-0.2, 0) is 16.0 Å². The average Bonchev–Trinajstić information content (AvgIpc) is 2.55. The van der Waals surface area contributed by atoms with E-state index >= 15 is 0 Å². The van der Waals surface area contributed by atoms with E-state index < -0.39 is 11.6 Å². The van der Waals surface area contributed by atoms with Gasteiger partial charge in [-0.15, -0.1) is 11.8 Å². The van der Waals surface area contributed by atoms with Gasteiger partial charge in [-0.2, -0.15) is 0 Å². The van der Waals surface area contributed by atoms with E-state index in [0.717, 1.165) is 11.0 Å². The molecule has 0 bridgehead atoms. The van der Waals surface area contributed by atoms with Crippen LogP contribution in [0.2, 0.25) is 0 Å². The summed E-state index contributed by atoms with van der Waals surface area (Å²) in [6.45, 7) is 3.52. The Bertz CT molecular complexity index is 761. The van der Waals surface area contributed by atoms with Crippen molar-refractivity contribution in [3.05, 3.63) is 59.7 Å². The minimum atomic E-state index is -0.627. The summed E-state index contributed by atoms with van der Waals surface area (Å²) in [7, 11) is 0. The topological polar surface area (TPSA) is 58.2 Å². The lowest BCUT2D eigenvalue weighted by Crippen LogP contribution is -2.32. The van der Waals surface area contributed by atoms with Gasteiger partial charge in [-0.3, -0.25) is 9.59 Å². The van der Waals surface area contributed by atoms with Crippen molar-refractivity contribution in [2.45, 2.75) is 30.4 Å². The molecule has 0 radical (unpaired) electrons. The maximum Gasteiger partial charge on any atom is 0.233 e. The van der Waals surface area contributed by atoms with Crippen LogP contribution >= 0.6 is 11.8 Å². The first kappa shape index (κ1) is 19.9. The fourth-order valence-corrected chi connectivity index (χ4v) is 3.20. The van der Waals surface area contributed by atoms with Crippen molar-refractivity contribution in [2.75, 3.05) is 11.9 Å². The second kappa shape index (κ2) is 9.33. The van der Waals surface area contributed by atoms with Crippen molar-refractivity contribution in [2.24, 2.45) is 0 Å². The first-order valence-corrected chi connectivity index (χ1v) is 8.98. The molecule has 2 aromatic rings. The molecule has 0 aliphatic carbocycles. The van der Waals surface area contributed by atoms with Crippen LogP contribution in [0.1, 0.15) is 19.4 Å². The van der Waals surface area contributed by atoms with Gasteiger partial charge < -0.3 is 10.6 Å². The van der Waals surface area contributed by atoms with E-state index in [0.29, 0.717) is 24.2 Å². The highest BCUT2D eigenvalue weighted by Gasteiger charge is 2.14. The summed E-state index contributed by atoms with van der Waals surface area (Å²) >= 11 is 1.39. The number of thioether (sulfide) groups is 1. The highest BCUT2D eigenvalue weighted by Crippen LogP contribution is 2.24. The molecular formula is C19H20F2N2O2S. The standard InChI is InChI=1S/C19H20F2N2O2S/c1-12(26-18-5-3-17(4-6-18)23-13(2)24)19(25)22-8-7-14-9-15(20)11-16(21)10-14/h3-6,9-12H,7-8H2,1-2H3,(H,22,25)(H,23,24). The Morgan fingerprint density at radius 3 is 2.27 bits per heavy atom. The van der Waals surface area contributed by atoms with Crippen LogP contribution < -0.4 is 10.6 Å². The number of halogens is 2. The molecule has 0 spiro atoms. The highest BCUT2D eigenvalue weighted by atomic mass is 32.2. The smallest absolute Gasteiger partial charge is 0.233 e. The number of benzene rings is 2. The van der Waals surface area contributed by atoms with Crippen LogP contribution in [0.5, 0.6) is 0 Å². The largest absolute Gasteiger partial charge is 0.355 e. The molecule has 2 rings (SSSR count). The van der Waals surface area contributed by atoms with Crippen LogP contribution in [0.4, 0.5) is 14.5 Å². The fourth-order valence-electron chi connectivity index (χ4n) is 2.31. The third kappa shape index (κ3) is 6.48. The molecule has 7 heteroatoms. The second-order valence-electron chi connectivity index (χ2n) is 5.78. The van der Waals surface area contributed by atoms with Crippen LogP contribution in [0.15, 0.2) is 47.4 Å². The number of hydrogen-bond acceptors (Lipinski definition) is 3. The Hall–Kier alpha value is -2.41. The van der Waals surface area contributed by atoms with Crippen molar-refractivity contribution in [1.29, 1.82) is 0 Å². The molecule has 2 N–H and O–H groups in total. The number of anilines is 1. The lowest BCUT2D eigenvalue weighted by atomic mass is 10.1. The molecule has 1 unspecified atom stereocenters. The van der Waals surface area contributed by atoms with Crippen molar-refractivity contribution in [1.82, 2.24) is 5.32 Å². The van der Waals surface area contributed by atoms with Gasteiger partial charge in [-0.05, 0) is 55.3 Å². The molecule has 0 aliphatic heterocycles.